The van der Waals surface area contributed by atoms with Crippen molar-refractivity contribution < 1.29 is 9.84 Å². The Bertz CT molecular complexity index is 353. The van der Waals surface area contributed by atoms with Gasteiger partial charge in [0.1, 0.15) is 0 Å². The summed E-state index contributed by atoms with van der Waals surface area (Å²) in [6.45, 7) is 9.56. The number of hydrogen-bond acceptors (Lipinski definition) is 5. The molecule has 0 radical (unpaired) electrons. The molecular weight excluding hydrogens is 272 g/mol. The molecule has 1 fully saturated rings. The summed E-state index contributed by atoms with van der Waals surface area (Å²) >= 11 is 1.74. The van der Waals surface area contributed by atoms with E-state index in [2.05, 4.69) is 26.6 Å². The van der Waals surface area contributed by atoms with Crippen LogP contribution in [0.3, 0.4) is 0 Å². The predicted octanol–water partition coefficient (Wildman–Crippen LogP) is 1.65. The smallest absolute Gasteiger partial charge is 0.0664 e. The number of nitrogens with zero attached hydrogens (tertiary/aromatic N) is 2. The number of thiophene rings is 1. The Kier molecular flexibility index (Phi) is 6.96. The number of ether oxygens (including phenoxy) is 1. The van der Waals surface area contributed by atoms with Crippen LogP contribution in [-0.4, -0.2) is 66.9 Å². The third kappa shape index (κ3) is 5.50. The standard InChI is InChI=1S/C15H26N2O2S/c1-2-15(18)12-17(11-14-3-10-20-13-14)5-4-16-6-8-19-9-7-16/h3,10,13,15,18H,2,4-9,11-12H2,1H3. The average Bonchev–Trinajstić information content (AvgIpc) is 2.98. The summed E-state index contributed by atoms with van der Waals surface area (Å²) in [6.07, 6.45) is 0.593. The molecule has 2 heterocycles. The van der Waals surface area contributed by atoms with Gasteiger partial charge in [-0.05, 0) is 28.8 Å². The number of aliphatic hydroxyl groups excluding tert-OH is 1. The summed E-state index contributed by atoms with van der Waals surface area (Å²) in [5, 5.41) is 14.2. The van der Waals surface area contributed by atoms with Crippen LogP contribution in [0.4, 0.5) is 0 Å². The molecule has 1 saturated heterocycles. The van der Waals surface area contributed by atoms with Crippen molar-refractivity contribution in [1.82, 2.24) is 9.80 Å². The average molecular weight is 298 g/mol. The van der Waals surface area contributed by atoms with Crippen LogP contribution in [0.5, 0.6) is 0 Å². The highest BCUT2D eigenvalue weighted by Gasteiger charge is 2.15. The Balaban J connectivity index is 1.81. The molecule has 0 aliphatic carbocycles. The van der Waals surface area contributed by atoms with Crippen LogP contribution >= 0.6 is 11.3 Å². The van der Waals surface area contributed by atoms with Crippen molar-refractivity contribution in [2.45, 2.75) is 26.0 Å². The van der Waals surface area contributed by atoms with Gasteiger partial charge in [0.15, 0.2) is 0 Å². The summed E-state index contributed by atoms with van der Waals surface area (Å²) in [5.41, 5.74) is 1.35. The van der Waals surface area contributed by atoms with Gasteiger partial charge in [0.05, 0.1) is 19.3 Å². The Morgan fingerprint density at radius 2 is 2.25 bits per heavy atom. The SMILES string of the molecule is CCC(O)CN(CCN1CCOCC1)Cc1ccsc1. The Hall–Kier alpha value is -0.460. The minimum Gasteiger partial charge on any atom is -0.392 e. The van der Waals surface area contributed by atoms with Gasteiger partial charge in [-0.25, -0.2) is 0 Å². The summed E-state index contributed by atoms with van der Waals surface area (Å²) < 4.78 is 5.38. The Labute approximate surface area is 126 Å². The van der Waals surface area contributed by atoms with Crippen molar-refractivity contribution in [3.05, 3.63) is 22.4 Å². The van der Waals surface area contributed by atoms with Gasteiger partial charge in [-0.2, -0.15) is 11.3 Å². The van der Waals surface area contributed by atoms with Crippen LogP contribution in [0.2, 0.25) is 0 Å². The van der Waals surface area contributed by atoms with Crippen LogP contribution < -0.4 is 0 Å². The summed E-state index contributed by atoms with van der Waals surface area (Å²) in [6, 6.07) is 2.17. The lowest BCUT2D eigenvalue weighted by atomic mass is 10.2. The lowest BCUT2D eigenvalue weighted by Gasteiger charge is -2.30. The highest BCUT2D eigenvalue weighted by molar-refractivity contribution is 7.07. The van der Waals surface area contributed by atoms with Crippen LogP contribution in [0.15, 0.2) is 16.8 Å². The normalized spacial score (nSPS) is 18.6. The second-order valence-corrected chi connectivity index (χ2v) is 6.16. The van der Waals surface area contributed by atoms with E-state index >= 15 is 0 Å². The Morgan fingerprint density at radius 3 is 2.90 bits per heavy atom. The van der Waals surface area contributed by atoms with E-state index in [1.54, 1.807) is 11.3 Å². The first-order valence-corrected chi connectivity index (χ1v) is 8.43. The lowest BCUT2D eigenvalue weighted by Crippen LogP contribution is -2.42. The minimum absolute atomic E-state index is 0.224. The highest BCUT2D eigenvalue weighted by Crippen LogP contribution is 2.11. The van der Waals surface area contributed by atoms with Crippen molar-refractivity contribution in [3.63, 3.8) is 0 Å². The van der Waals surface area contributed by atoms with Crippen molar-refractivity contribution in [2.24, 2.45) is 0 Å². The van der Waals surface area contributed by atoms with Crippen molar-refractivity contribution in [3.8, 4) is 0 Å². The molecule has 0 amide bonds. The van der Waals surface area contributed by atoms with Crippen molar-refractivity contribution in [2.75, 3.05) is 45.9 Å². The molecule has 5 heteroatoms. The fourth-order valence-corrected chi connectivity index (χ4v) is 3.07. The third-order valence-electron chi connectivity index (χ3n) is 3.76. The molecule has 114 valence electrons. The fraction of sp³-hybridized carbons (Fsp3) is 0.733. The quantitative estimate of drug-likeness (QED) is 0.792. The zero-order valence-corrected chi connectivity index (χ0v) is 13.1. The molecule has 1 aromatic rings. The van der Waals surface area contributed by atoms with E-state index in [0.29, 0.717) is 0 Å². The first kappa shape index (κ1) is 15.9. The molecule has 1 aromatic heterocycles. The van der Waals surface area contributed by atoms with E-state index in [9.17, 15) is 5.11 Å². The van der Waals surface area contributed by atoms with E-state index < -0.39 is 0 Å². The van der Waals surface area contributed by atoms with Crippen molar-refractivity contribution in [1.29, 1.82) is 0 Å². The van der Waals surface area contributed by atoms with E-state index in [-0.39, 0.29) is 6.10 Å². The maximum absolute atomic E-state index is 9.92. The van der Waals surface area contributed by atoms with Crippen molar-refractivity contribution >= 4 is 11.3 Å². The molecule has 0 spiro atoms. The zero-order valence-electron chi connectivity index (χ0n) is 12.3. The largest absolute Gasteiger partial charge is 0.392 e. The molecule has 1 aliphatic rings. The van der Waals surface area contributed by atoms with E-state index in [1.807, 2.05) is 6.92 Å². The molecule has 1 unspecified atom stereocenters. The Morgan fingerprint density at radius 1 is 1.45 bits per heavy atom. The van der Waals surface area contributed by atoms with Crippen LogP contribution in [0.25, 0.3) is 0 Å². The fourth-order valence-electron chi connectivity index (χ4n) is 2.41. The van der Waals surface area contributed by atoms with Gasteiger partial charge in [0.2, 0.25) is 0 Å². The molecule has 2 rings (SSSR count). The van der Waals surface area contributed by atoms with E-state index in [4.69, 9.17) is 4.74 Å². The molecule has 1 N–H and O–H groups in total. The molecule has 1 aliphatic heterocycles. The topological polar surface area (TPSA) is 35.9 Å². The lowest BCUT2D eigenvalue weighted by molar-refractivity contribution is 0.0290. The number of hydrogen-bond donors (Lipinski definition) is 1. The first-order valence-electron chi connectivity index (χ1n) is 7.49. The van der Waals surface area contributed by atoms with Gasteiger partial charge in [-0.15, -0.1) is 0 Å². The molecular formula is C15H26N2O2S. The molecule has 0 aromatic carbocycles. The molecule has 1 atom stereocenters. The van der Waals surface area contributed by atoms with Gasteiger partial charge in [-0.1, -0.05) is 6.92 Å². The van der Waals surface area contributed by atoms with Crippen LogP contribution in [-0.2, 0) is 11.3 Å². The molecule has 0 saturated carbocycles. The van der Waals surface area contributed by atoms with Gasteiger partial charge in [-0.3, -0.25) is 9.80 Å². The van der Waals surface area contributed by atoms with E-state index in [1.165, 1.54) is 5.56 Å². The predicted molar refractivity (Wildman–Crippen MR) is 83.2 cm³/mol. The number of aliphatic hydroxyl groups is 1. The zero-order chi connectivity index (χ0) is 14.2. The van der Waals surface area contributed by atoms with Crippen LogP contribution in [0.1, 0.15) is 18.9 Å². The van der Waals surface area contributed by atoms with Gasteiger partial charge >= 0.3 is 0 Å². The minimum atomic E-state index is -0.224. The monoisotopic (exact) mass is 298 g/mol. The molecule has 0 bridgehead atoms. The first-order chi connectivity index (χ1) is 9.78. The number of rotatable bonds is 8. The summed E-state index contributed by atoms with van der Waals surface area (Å²) in [4.78, 5) is 4.81. The maximum atomic E-state index is 9.92. The van der Waals surface area contributed by atoms with Gasteiger partial charge in [0.25, 0.3) is 0 Å². The van der Waals surface area contributed by atoms with E-state index in [0.717, 1.165) is 58.9 Å². The molecule has 20 heavy (non-hydrogen) atoms. The summed E-state index contributed by atoms with van der Waals surface area (Å²) in [5.74, 6) is 0. The molecule has 4 nitrogen and oxygen atoms in total. The maximum Gasteiger partial charge on any atom is 0.0664 e. The third-order valence-corrected chi connectivity index (χ3v) is 4.49. The summed E-state index contributed by atoms with van der Waals surface area (Å²) in [7, 11) is 0. The number of morpholine rings is 1. The van der Waals surface area contributed by atoms with Gasteiger partial charge in [0, 0.05) is 39.3 Å². The van der Waals surface area contributed by atoms with Crippen LogP contribution in [0, 0.1) is 0 Å². The second-order valence-electron chi connectivity index (χ2n) is 5.38. The van der Waals surface area contributed by atoms with Gasteiger partial charge < -0.3 is 9.84 Å². The second kappa shape index (κ2) is 8.74. The highest BCUT2D eigenvalue weighted by atomic mass is 32.1.